The van der Waals surface area contributed by atoms with E-state index < -0.39 is 47.7 Å². The van der Waals surface area contributed by atoms with Gasteiger partial charge in [-0.15, -0.1) is 0 Å². The first-order valence-electron chi connectivity index (χ1n) is 7.15. The van der Waals surface area contributed by atoms with Crippen LogP contribution >= 0.6 is 0 Å². The molecule has 1 aromatic rings. The lowest BCUT2D eigenvalue weighted by atomic mass is 10.2. The molecule has 0 N–H and O–H groups in total. The molecule has 0 aromatic heterocycles. The van der Waals surface area contributed by atoms with E-state index in [1.807, 2.05) is 0 Å². The van der Waals surface area contributed by atoms with Crippen LogP contribution in [0.5, 0.6) is 0 Å². The van der Waals surface area contributed by atoms with Gasteiger partial charge in [0.1, 0.15) is 0 Å². The van der Waals surface area contributed by atoms with Crippen molar-refractivity contribution in [3.8, 4) is 0 Å². The van der Waals surface area contributed by atoms with Crippen LogP contribution in [0.2, 0.25) is 0 Å². The van der Waals surface area contributed by atoms with Gasteiger partial charge in [-0.1, -0.05) is 6.92 Å². The minimum Gasteiger partial charge on any atom is -0.449 e. The zero-order valence-corrected chi connectivity index (χ0v) is 14.6. The van der Waals surface area contributed by atoms with Crippen LogP contribution in [0.15, 0.2) is 17.0 Å². The normalized spacial score (nSPS) is 11.0. The number of rotatable bonds is 7. The van der Waals surface area contributed by atoms with E-state index in [-0.39, 0.29) is 13.2 Å². The summed E-state index contributed by atoms with van der Waals surface area (Å²) >= 11 is 0. The summed E-state index contributed by atoms with van der Waals surface area (Å²) in [6.45, 7) is 3.06. The van der Waals surface area contributed by atoms with E-state index in [2.05, 4.69) is 0 Å². The largest absolute Gasteiger partial charge is 0.449 e. The highest BCUT2D eigenvalue weighted by Crippen LogP contribution is 2.40. The van der Waals surface area contributed by atoms with Crippen molar-refractivity contribution in [1.29, 1.82) is 0 Å². The maximum atomic E-state index is 12.1. The molecule has 0 aliphatic rings. The summed E-state index contributed by atoms with van der Waals surface area (Å²) in [5, 5.41) is 22.7. The number of nitro groups is 2. The van der Waals surface area contributed by atoms with E-state index in [0.717, 1.165) is 11.2 Å². The third-order valence-corrected chi connectivity index (χ3v) is 4.19. The predicted molar refractivity (Wildman–Crippen MR) is 87.5 cm³/mol. The molecule has 0 fully saturated rings. The summed E-state index contributed by atoms with van der Waals surface area (Å²) in [4.78, 5) is 33.0. The second-order valence-corrected chi connectivity index (χ2v) is 6.97. The standard InChI is InChI=1S/C13H17N3O8S/c1-4-6-24-13(17)14(5-2)12-10(15(18)19)7-9(25(3,22)23)8-11(12)16(20)21/h7-8H,4-6H2,1-3H3. The van der Waals surface area contributed by atoms with Crippen LogP contribution in [0.1, 0.15) is 20.3 Å². The number of hydrogen-bond acceptors (Lipinski definition) is 8. The first-order chi connectivity index (χ1) is 11.5. The fourth-order valence-corrected chi connectivity index (χ4v) is 2.65. The van der Waals surface area contributed by atoms with Crippen molar-refractivity contribution in [2.24, 2.45) is 0 Å². The summed E-state index contributed by atoms with van der Waals surface area (Å²) in [6, 6.07) is 1.38. The van der Waals surface area contributed by atoms with Gasteiger partial charge in [0.05, 0.1) is 21.3 Å². The van der Waals surface area contributed by atoms with Gasteiger partial charge >= 0.3 is 17.5 Å². The summed E-state index contributed by atoms with van der Waals surface area (Å²) in [6.07, 6.45) is 0.255. The lowest BCUT2D eigenvalue weighted by Crippen LogP contribution is -2.32. The Labute approximate surface area is 143 Å². The topological polar surface area (TPSA) is 150 Å². The number of amides is 1. The number of ether oxygens (including phenoxy) is 1. The Hall–Kier alpha value is -2.76. The molecule has 25 heavy (non-hydrogen) atoms. The number of nitro benzene ring substituents is 2. The van der Waals surface area contributed by atoms with Gasteiger partial charge in [-0.3, -0.25) is 25.1 Å². The molecule has 138 valence electrons. The predicted octanol–water partition coefficient (Wildman–Crippen LogP) is 2.28. The zero-order chi connectivity index (χ0) is 19.4. The van der Waals surface area contributed by atoms with Crippen molar-refractivity contribution in [2.75, 3.05) is 24.3 Å². The minimum absolute atomic E-state index is 0.0261. The average molecular weight is 375 g/mol. The number of carbonyl (C=O) groups is 1. The maximum absolute atomic E-state index is 12.1. The Bertz CT molecular complexity index is 770. The smallest absolute Gasteiger partial charge is 0.414 e. The lowest BCUT2D eigenvalue weighted by Gasteiger charge is -2.20. The van der Waals surface area contributed by atoms with Gasteiger partial charge in [0.25, 0.3) is 0 Å². The SMILES string of the molecule is CCCOC(=O)N(CC)c1c([N+](=O)[O-])cc(S(C)(=O)=O)cc1[N+](=O)[O-]. The summed E-state index contributed by atoms with van der Waals surface area (Å²) in [5.41, 5.74) is -2.36. The Morgan fingerprint density at radius 2 is 1.64 bits per heavy atom. The van der Waals surface area contributed by atoms with E-state index in [9.17, 15) is 33.4 Å². The number of anilines is 1. The minimum atomic E-state index is -3.94. The molecule has 0 atom stereocenters. The van der Waals surface area contributed by atoms with Gasteiger partial charge in [-0.05, 0) is 13.3 Å². The average Bonchev–Trinajstić information content (AvgIpc) is 2.51. The molecular formula is C13H17N3O8S. The van der Waals surface area contributed by atoms with Crippen molar-refractivity contribution in [2.45, 2.75) is 25.2 Å². The van der Waals surface area contributed by atoms with E-state index in [1.54, 1.807) is 6.92 Å². The van der Waals surface area contributed by atoms with Crippen molar-refractivity contribution < 1.29 is 27.8 Å². The molecule has 0 heterocycles. The second kappa shape index (κ2) is 7.88. The molecule has 0 saturated carbocycles. The number of sulfone groups is 1. The van der Waals surface area contributed by atoms with Crippen LogP contribution in [0.3, 0.4) is 0 Å². The number of benzene rings is 1. The molecule has 1 rings (SSSR count). The fourth-order valence-electron chi connectivity index (χ4n) is 1.99. The van der Waals surface area contributed by atoms with Gasteiger partial charge in [0.2, 0.25) is 5.69 Å². The highest BCUT2D eigenvalue weighted by Gasteiger charge is 2.35. The van der Waals surface area contributed by atoms with Gasteiger partial charge in [0.15, 0.2) is 9.84 Å². The molecule has 11 nitrogen and oxygen atoms in total. The quantitative estimate of drug-likeness (QED) is 0.520. The number of nitrogens with zero attached hydrogens (tertiary/aromatic N) is 3. The molecule has 0 radical (unpaired) electrons. The summed E-state index contributed by atoms with van der Waals surface area (Å²) in [7, 11) is -3.94. The van der Waals surface area contributed by atoms with Gasteiger partial charge in [-0.25, -0.2) is 13.2 Å². The van der Waals surface area contributed by atoms with Crippen molar-refractivity contribution in [1.82, 2.24) is 0 Å². The summed E-state index contributed by atoms with van der Waals surface area (Å²) in [5.74, 6) is 0. The molecular weight excluding hydrogens is 358 g/mol. The Kier molecular flexibility index (Phi) is 6.39. The van der Waals surface area contributed by atoms with Crippen LogP contribution in [0, 0.1) is 20.2 Å². The van der Waals surface area contributed by atoms with Crippen LogP contribution in [0.25, 0.3) is 0 Å². The van der Waals surface area contributed by atoms with Crippen LogP contribution < -0.4 is 4.90 Å². The molecule has 0 saturated heterocycles. The molecule has 0 spiro atoms. The highest BCUT2D eigenvalue weighted by molar-refractivity contribution is 7.90. The third-order valence-electron chi connectivity index (χ3n) is 3.10. The van der Waals surface area contributed by atoms with Crippen LogP contribution in [-0.2, 0) is 14.6 Å². The Morgan fingerprint density at radius 3 is 1.96 bits per heavy atom. The van der Waals surface area contributed by atoms with Gasteiger partial charge < -0.3 is 4.74 Å². The molecule has 0 aliphatic carbocycles. The van der Waals surface area contributed by atoms with Crippen LogP contribution in [-0.4, -0.2) is 43.8 Å². The van der Waals surface area contributed by atoms with E-state index in [0.29, 0.717) is 18.6 Å². The molecule has 0 bridgehead atoms. The lowest BCUT2D eigenvalue weighted by molar-refractivity contribution is -0.392. The van der Waals surface area contributed by atoms with Crippen molar-refractivity contribution in [3.63, 3.8) is 0 Å². The maximum Gasteiger partial charge on any atom is 0.414 e. The van der Waals surface area contributed by atoms with Crippen molar-refractivity contribution >= 4 is 33.0 Å². The molecule has 12 heteroatoms. The van der Waals surface area contributed by atoms with E-state index in [1.165, 1.54) is 6.92 Å². The van der Waals surface area contributed by atoms with E-state index in [4.69, 9.17) is 4.74 Å². The number of hydrogen-bond donors (Lipinski definition) is 0. The monoisotopic (exact) mass is 375 g/mol. The number of carbonyl (C=O) groups excluding carboxylic acids is 1. The van der Waals surface area contributed by atoms with Gasteiger partial charge in [-0.2, -0.15) is 0 Å². The second-order valence-electron chi connectivity index (χ2n) is 4.96. The molecule has 0 unspecified atom stereocenters. The van der Waals surface area contributed by atoms with Gasteiger partial charge in [0, 0.05) is 24.9 Å². The molecule has 0 aliphatic heterocycles. The molecule has 1 amide bonds. The fraction of sp³-hybridized carbons (Fsp3) is 0.462. The first-order valence-corrected chi connectivity index (χ1v) is 9.04. The van der Waals surface area contributed by atoms with Crippen molar-refractivity contribution in [3.05, 3.63) is 32.4 Å². The highest BCUT2D eigenvalue weighted by atomic mass is 32.2. The summed E-state index contributed by atoms with van der Waals surface area (Å²) < 4.78 is 28.2. The first kappa shape index (κ1) is 20.3. The zero-order valence-electron chi connectivity index (χ0n) is 13.8. The Morgan fingerprint density at radius 1 is 1.16 bits per heavy atom. The Balaban J connectivity index is 3.73. The van der Waals surface area contributed by atoms with E-state index >= 15 is 0 Å². The van der Waals surface area contributed by atoms with Crippen LogP contribution in [0.4, 0.5) is 21.9 Å². The third kappa shape index (κ3) is 4.62. The molecule has 1 aromatic carbocycles.